The van der Waals surface area contributed by atoms with Gasteiger partial charge in [0.25, 0.3) is 5.91 Å². The molecular weight excluding hydrogens is 317 g/mol. The quantitative estimate of drug-likeness (QED) is 0.871. The summed E-state index contributed by atoms with van der Waals surface area (Å²) in [5.41, 5.74) is -0.0823. The van der Waals surface area contributed by atoms with Crippen LogP contribution in [0.1, 0.15) is 27.1 Å². The van der Waals surface area contributed by atoms with Crippen molar-refractivity contribution in [3.05, 3.63) is 35.4 Å². The van der Waals surface area contributed by atoms with Gasteiger partial charge in [-0.15, -0.1) is 0 Å². The molecule has 2 N–H and O–H groups in total. The van der Waals surface area contributed by atoms with Crippen LogP contribution in [0, 0.1) is 0 Å². The molecule has 0 bridgehead atoms. The van der Waals surface area contributed by atoms with Crippen LogP contribution < -0.4 is 5.32 Å². The van der Waals surface area contributed by atoms with E-state index in [0.717, 1.165) is 6.07 Å². The highest BCUT2D eigenvalue weighted by atomic mass is 19.4. The lowest BCUT2D eigenvalue weighted by Gasteiger charge is -2.18. The van der Waals surface area contributed by atoms with Crippen molar-refractivity contribution < 1.29 is 32.7 Å². The number of carbonyl (C=O) groups excluding carboxylic acids is 2. The number of halogens is 3. The van der Waals surface area contributed by atoms with Crippen molar-refractivity contribution in [1.29, 1.82) is 0 Å². The van der Waals surface area contributed by atoms with Crippen LogP contribution in [0.15, 0.2) is 24.3 Å². The van der Waals surface area contributed by atoms with E-state index in [1.165, 1.54) is 18.2 Å². The van der Waals surface area contributed by atoms with Gasteiger partial charge in [0.15, 0.2) is 0 Å². The van der Waals surface area contributed by atoms with Gasteiger partial charge in [0.2, 0.25) is 5.91 Å². The Hall–Kier alpha value is -2.58. The van der Waals surface area contributed by atoms with Crippen LogP contribution >= 0.6 is 0 Å². The molecule has 23 heavy (non-hydrogen) atoms. The number of benzene rings is 1. The van der Waals surface area contributed by atoms with Crippen LogP contribution in [-0.4, -0.2) is 53.1 Å². The molecule has 1 aliphatic rings. The SMILES string of the molecule is O=C(O)c1cccc(C(=O)NC2CCN(CC(F)(F)F)C2=O)c1. The first-order valence-corrected chi connectivity index (χ1v) is 6.67. The fraction of sp³-hybridized carbons (Fsp3) is 0.357. The van der Waals surface area contributed by atoms with Gasteiger partial charge < -0.3 is 15.3 Å². The molecular formula is C14H13F3N2O4. The van der Waals surface area contributed by atoms with E-state index in [1.807, 2.05) is 0 Å². The van der Waals surface area contributed by atoms with E-state index >= 15 is 0 Å². The van der Waals surface area contributed by atoms with Crippen LogP contribution in [0.25, 0.3) is 0 Å². The molecule has 124 valence electrons. The van der Waals surface area contributed by atoms with Gasteiger partial charge in [-0.1, -0.05) is 6.07 Å². The largest absolute Gasteiger partial charge is 0.478 e. The Labute approximate surface area is 128 Å². The number of nitrogens with zero attached hydrogens (tertiary/aromatic N) is 1. The number of likely N-dealkylation sites (tertiary alicyclic amines) is 1. The molecule has 0 saturated carbocycles. The van der Waals surface area contributed by atoms with E-state index in [0.29, 0.717) is 4.90 Å². The molecule has 1 aromatic rings. The third kappa shape index (κ3) is 4.21. The number of carbonyl (C=O) groups is 3. The van der Waals surface area contributed by atoms with E-state index in [4.69, 9.17) is 5.11 Å². The third-order valence-electron chi connectivity index (χ3n) is 3.34. The molecule has 0 aliphatic carbocycles. The number of carboxylic acids is 1. The molecule has 6 nitrogen and oxygen atoms in total. The number of hydrogen-bond donors (Lipinski definition) is 2. The van der Waals surface area contributed by atoms with Crippen LogP contribution in [0.5, 0.6) is 0 Å². The minimum atomic E-state index is -4.50. The van der Waals surface area contributed by atoms with Gasteiger partial charge in [-0.05, 0) is 24.6 Å². The number of carboxylic acid groups (broad SMARTS) is 1. The topological polar surface area (TPSA) is 86.7 Å². The molecule has 1 atom stereocenters. The molecule has 2 rings (SSSR count). The van der Waals surface area contributed by atoms with Gasteiger partial charge in [-0.2, -0.15) is 13.2 Å². The zero-order chi connectivity index (χ0) is 17.2. The van der Waals surface area contributed by atoms with Gasteiger partial charge in [0, 0.05) is 12.1 Å². The first kappa shape index (κ1) is 16.8. The second-order valence-corrected chi connectivity index (χ2v) is 5.08. The van der Waals surface area contributed by atoms with E-state index < -0.39 is 36.5 Å². The Morgan fingerprint density at radius 1 is 1.30 bits per heavy atom. The van der Waals surface area contributed by atoms with Gasteiger partial charge in [0.1, 0.15) is 12.6 Å². The van der Waals surface area contributed by atoms with Crippen molar-refractivity contribution in [1.82, 2.24) is 10.2 Å². The maximum absolute atomic E-state index is 12.3. The van der Waals surface area contributed by atoms with Crippen molar-refractivity contribution in [2.24, 2.45) is 0 Å². The van der Waals surface area contributed by atoms with Crippen molar-refractivity contribution in [3.8, 4) is 0 Å². The van der Waals surface area contributed by atoms with Crippen molar-refractivity contribution >= 4 is 17.8 Å². The zero-order valence-corrected chi connectivity index (χ0v) is 11.8. The van der Waals surface area contributed by atoms with Gasteiger partial charge >= 0.3 is 12.1 Å². The molecule has 1 saturated heterocycles. The standard InChI is InChI=1S/C14H13F3N2O4/c15-14(16,17)7-19-5-4-10(12(19)21)18-11(20)8-2-1-3-9(6-8)13(22)23/h1-3,6,10H,4-5,7H2,(H,18,20)(H,22,23). The summed E-state index contributed by atoms with van der Waals surface area (Å²) in [6.07, 6.45) is -4.43. The molecule has 9 heteroatoms. The Kier molecular flexibility index (Phi) is 4.57. The first-order chi connectivity index (χ1) is 10.7. The Morgan fingerprint density at radius 2 is 1.96 bits per heavy atom. The van der Waals surface area contributed by atoms with Crippen LogP contribution in [0.3, 0.4) is 0 Å². The summed E-state index contributed by atoms with van der Waals surface area (Å²) in [5.74, 6) is -2.72. The summed E-state index contributed by atoms with van der Waals surface area (Å²) < 4.78 is 37.0. The Bertz CT molecular complexity index is 645. The van der Waals surface area contributed by atoms with E-state index in [2.05, 4.69) is 5.32 Å². The highest BCUT2D eigenvalue weighted by Gasteiger charge is 2.39. The van der Waals surface area contributed by atoms with E-state index in [-0.39, 0.29) is 24.1 Å². The van der Waals surface area contributed by atoms with Crippen molar-refractivity contribution in [2.75, 3.05) is 13.1 Å². The molecule has 1 aliphatic heterocycles. The highest BCUT2D eigenvalue weighted by Crippen LogP contribution is 2.21. The van der Waals surface area contributed by atoms with Crippen molar-refractivity contribution in [3.63, 3.8) is 0 Å². The van der Waals surface area contributed by atoms with Crippen LogP contribution in [-0.2, 0) is 4.79 Å². The monoisotopic (exact) mass is 330 g/mol. The number of nitrogens with one attached hydrogen (secondary N) is 1. The lowest BCUT2D eigenvalue weighted by Crippen LogP contribution is -2.43. The fourth-order valence-corrected chi connectivity index (χ4v) is 2.28. The average molecular weight is 330 g/mol. The summed E-state index contributed by atoms with van der Waals surface area (Å²) in [7, 11) is 0. The third-order valence-corrected chi connectivity index (χ3v) is 3.34. The fourth-order valence-electron chi connectivity index (χ4n) is 2.28. The highest BCUT2D eigenvalue weighted by molar-refractivity contribution is 6.00. The van der Waals surface area contributed by atoms with Crippen molar-refractivity contribution in [2.45, 2.75) is 18.6 Å². The zero-order valence-electron chi connectivity index (χ0n) is 11.8. The van der Waals surface area contributed by atoms with E-state index in [9.17, 15) is 27.6 Å². The first-order valence-electron chi connectivity index (χ1n) is 6.67. The Balaban J connectivity index is 2.02. The number of hydrogen-bond acceptors (Lipinski definition) is 3. The summed E-state index contributed by atoms with van der Waals surface area (Å²) in [6.45, 7) is -1.45. The summed E-state index contributed by atoms with van der Waals surface area (Å²) in [5, 5.41) is 11.2. The van der Waals surface area contributed by atoms with Crippen LogP contribution in [0.2, 0.25) is 0 Å². The molecule has 1 aromatic carbocycles. The summed E-state index contributed by atoms with van der Waals surface area (Å²) in [4.78, 5) is 35.3. The number of alkyl halides is 3. The normalized spacial score (nSPS) is 18.1. The molecule has 0 spiro atoms. The molecule has 0 radical (unpaired) electrons. The molecule has 2 amide bonds. The average Bonchev–Trinajstić information content (AvgIpc) is 2.78. The molecule has 1 heterocycles. The maximum atomic E-state index is 12.3. The van der Waals surface area contributed by atoms with Gasteiger partial charge in [-0.25, -0.2) is 4.79 Å². The molecule has 1 fully saturated rings. The van der Waals surface area contributed by atoms with Crippen LogP contribution in [0.4, 0.5) is 13.2 Å². The molecule has 0 aromatic heterocycles. The Morgan fingerprint density at radius 3 is 2.57 bits per heavy atom. The molecule has 1 unspecified atom stereocenters. The van der Waals surface area contributed by atoms with Gasteiger partial charge in [0.05, 0.1) is 5.56 Å². The minimum Gasteiger partial charge on any atom is -0.478 e. The lowest BCUT2D eigenvalue weighted by atomic mass is 10.1. The minimum absolute atomic E-state index is 0.0203. The maximum Gasteiger partial charge on any atom is 0.406 e. The number of amides is 2. The number of rotatable bonds is 4. The smallest absolute Gasteiger partial charge is 0.406 e. The lowest BCUT2D eigenvalue weighted by molar-refractivity contribution is -0.157. The second kappa shape index (κ2) is 6.27. The second-order valence-electron chi connectivity index (χ2n) is 5.08. The predicted molar refractivity (Wildman–Crippen MR) is 71.9 cm³/mol. The van der Waals surface area contributed by atoms with E-state index in [1.54, 1.807) is 0 Å². The van der Waals surface area contributed by atoms with Gasteiger partial charge in [-0.3, -0.25) is 9.59 Å². The predicted octanol–water partition coefficient (Wildman–Crippen LogP) is 1.28. The number of aromatic carboxylic acids is 1. The summed E-state index contributed by atoms with van der Waals surface area (Å²) >= 11 is 0. The summed E-state index contributed by atoms with van der Waals surface area (Å²) in [6, 6.07) is 4.10.